The molecule has 1 heterocycles. The summed E-state index contributed by atoms with van der Waals surface area (Å²) in [6, 6.07) is 5.37. The molecule has 2 N–H and O–H groups in total. The molecule has 2 fully saturated rings. The Morgan fingerprint density at radius 1 is 1.32 bits per heavy atom. The number of nitrogens with zero attached hydrogens (tertiary/aromatic N) is 1. The molecule has 1 atom stereocenters. The zero-order valence-corrected chi connectivity index (χ0v) is 11.1. The Balaban J connectivity index is 1.68. The molecule has 1 saturated heterocycles. The monoisotopic (exact) mass is 264 g/mol. The number of nitrogens with one attached hydrogen (secondary N) is 1. The van der Waals surface area contributed by atoms with Crippen LogP contribution in [0.4, 0.5) is 4.39 Å². The summed E-state index contributed by atoms with van der Waals surface area (Å²) in [6.45, 7) is 2.75. The highest BCUT2D eigenvalue weighted by Crippen LogP contribution is 2.31. The van der Waals surface area contributed by atoms with Crippen molar-refractivity contribution in [2.75, 3.05) is 13.1 Å². The van der Waals surface area contributed by atoms with E-state index >= 15 is 0 Å². The molecular formula is C15H21FN2O. The molecule has 0 radical (unpaired) electrons. The van der Waals surface area contributed by atoms with Gasteiger partial charge in [0.15, 0.2) is 0 Å². The minimum absolute atomic E-state index is 0.200. The Hall–Kier alpha value is -1.13. The molecule has 4 heteroatoms. The lowest BCUT2D eigenvalue weighted by molar-refractivity contribution is 0.228. The molecule has 1 aliphatic carbocycles. The summed E-state index contributed by atoms with van der Waals surface area (Å²) < 4.78 is 13.3. The second-order valence-corrected chi connectivity index (χ2v) is 5.73. The van der Waals surface area contributed by atoms with Gasteiger partial charge in [0.2, 0.25) is 0 Å². The summed E-state index contributed by atoms with van der Waals surface area (Å²) in [5.74, 6) is -0.0750. The summed E-state index contributed by atoms with van der Waals surface area (Å²) in [6.07, 6.45) is 4.92. The number of hydrogen-bond acceptors (Lipinski definition) is 3. The third kappa shape index (κ3) is 3.25. The van der Waals surface area contributed by atoms with Crippen LogP contribution in [-0.4, -0.2) is 35.2 Å². The number of phenols is 1. The molecule has 3 nitrogen and oxygen atoms in total. The van der Waals surface area contributed by atoms with E-state index in [1.807, 2.05) is 0 Å². The van der Waals surface area contributed by atoms with E-state index in [1.54, 1.807) is 0 Å². The van der Waals surface area contributed by atoms with Gasteiger partial charge >= 0.3 is 0 Å². The zero-order chi connectivity index (χ0) is 13.2. The van der Waals surface area contributed by atoms with Crippen LogP contribution in [0.2, 0.25) is 0 Å². The minimum atomic E-state index is -0.275. The van der Waals surface area contributed by atoms with Crippen LogP contribution in [0.5, 0.6) is 5.75 Å². The van der Waals surface area contributed by atoms with E-state index in [0.29, 0.717) is 24.2 Å². The molecule has 1 aromatic rings. The molecule has 19 heavy (non-hydrogen) atoms. The van der Waals surface area contributed by atoms with Crippen LogP contribution >= 0.6 is 0 Å². The van der Waals surface area contributed by atoms with Crippen molar-refractivity contribution in [1.82, 2.24) is 10.2 Å². The van der Waals surface area contributed by atoms with Crippen LogP contribution in [0, 0.1) is 5.82 Å². The van der Waals surface area contributed by atoms with Gasteiger partial charge in [0.25, 0.3) is 0 Å². The first kappa shape index (κ1) is 12.9. The highest BCUT2D eigenvalue weighted by Gasteiger charge is 2.31. The standard InChI is InChI=1S/C15H21FN2O/c16-12-3-6-15(19)11(8-12)9-18(14-4-5-14)10-13-2-1-7-17-13/h3,6,8,13-14,17,19H,1-2,4-5,7,9-10H2. The van der Waals surface area contributed by atoms with Crippen molar-refractivity contribution in [3.05, 3.63) is 29.6 Å². The van der Waals surface area contributed by atoms with Crippen LogP contribution in [0.15, 0.2) is 18.2 Å². The lowest BCUT2D eigenvalue weighted by atomic mass is 10.1. The highest BCUT2D eigenvalue weighted by molar-refractivity contribution is 5.32. The Labute approximate surface area is 113 Å². The van der Waals surface area contributed by atoms with Crippen LogP contribution in [0.3, 0.4) is 0 Å². The Morgan fingerprint density at radius 2 is 2.16 bits per heavy atom. The van der Waals surface area contributed by atoms with Crippen molar-refractivity contribution >= 4 is 0 Å². The van der Waals surface area contributed by atoms with E-state index in [0.717, 1.165) is 13.1 Å². The third-order valence-electron chi connectivity index (χ3n) is 4.10. The molecule has 2 aliphatic rings. The fourth-order valence-corrected chi connectivity index (χ4v) is 2.88. The van der Waals surface area contributed by atoms with Gasteiger partial charge in [-0.2, -0.15) is 0 Å². The smallest absolute Gasteiger partial charge is 0.123 e. The highest BCUT2D eigenvalue weighted by atomic mass is 19.1. The van der Waals surface area contributed by atoms with Crippen molar-refractivity contribution < 1.29 is 9.50 Å². The predicted molar refractivity (Wildman–Crippen MR) is 72.5 cm³/mol. The number of phenolic OH excluding ortho intramolecular Hbond substituents is 1. The Morgan fingerprint density at radius 3 is 2.84 bits per heavy atom. The molecule has 104 valence electrons. The first-order chi connectivity index (χ1) is 9.22. The molecule has 1 aliphatic heterocycles. The van der Waals surface area contributed by atoms with Crippen LogP contribution in [0.1, 0.15) is 31.2 Å². The average molecular weight is 264 g/mol. The van der Waals surface area contributed by atoms with Crippen molar-refractivity contribution in [2.45, 2.75) is 44.3 Å². The van der Waals surface area contributed by atoms with Gasteiger partial charge < -0.3 is 10.4 Å². The van der Waals surface area contributed by atoms with Gasteiger partial charge in [0, 0.05) is 30.7 Å². The Bertz CT molecular complexity index is 442. The van der Waals surface area contributed by atoms with Gasteiger partial charge in [-0.3, -0.25) is 4.90 Å². The molecule has 1 saturated carbocycles. The van der Waals surface area contributed by atoms with Gasteiger partial charge in [-0.05, 0) is 50.4 Å². The van der Waals surface area contributed by atoms with Crippen molar-refractivity contribution in [1.29, 1.82) is 0 Å². The lowest BCUT2D eigenvalue weighted by Crippen LogP contribution is -2.38. The third-order valence-corrected chi connectivity index (χ3v) is 4.10. The SMILES string of the molecule is Oc1ccc(F)cc1CN(CC1CCCN1)C1CC1. The first-order valence-corrected chi connectivity index (χ1v) is 7.17. The van der Waals surface area contributed by atoms with Gasteiger partial charge in [-0.25, -0.2) is 4.39 Å². The number of hydrogen-bond donors (Lipinski definition) is 2. The fraction of sp³-hybridized carbons (Fsp3) is 0.600. The van der Waals surface area contributed by atoms with Crippen LogP contribution < -0.4 is 5.32 Å². The van der Waals surface area contributed by atoms with Gasteiger partial charge in [-0.1, -0.05) is 0 Å². The molecule has 1 unspecified atom stereocenters. The average Bonchev–Trinajstić information content (AvgIpc) is 3.12. The zero-order valence-electron chi connectivity index (χ0n) is 11.1. The second-order valence-electron chi connectivity index (χ2n) is 5.73. The number of rotatable bonds is 5. The van der Waals surface area contributed by atoms with Crippen molar-refractivity contribution in [3.63, 3.8) is 0 Å². The normalized spacial score (nSPS) is 23.2. The minimum Gasteiger partial charge on any atom is -0.508 e. The van der Waals surface area contributed by atoms with Crippen molar-refractivity contribution in [3.8, 4) is 5.75 Å². The largest absolute Gasteiger partial charge is 0.508 e. The molecule has 0 bridgehead atoms. The molecule has 0 spiro atoms. The molecule has 1 aromatic carbocycles. The van der Waals surface area contributed by atoms with E-state index < -0.39 is 0 Å². The van der Waals surface area contributed by atoms with Crippen molar-refractivity contribution in [2.24, 2.45) is 0 Å². The van der Waals surface area contributed by atoms with Gasteiger partial charge in [-0.15, -0.1) is 0 Å². The fourth-order valence-electron chi connectivity index (χ4n) is 2.88. The van der Waals surface area contributed by atoms with E-state index in [4.69, 9.17) is 0 Å². The maximum Gasteiger partial charge on any atom is 0.123 e. The summed E-state index contributed by atoms with van der Waals surface area (Å²) in [5, 5.41) is 13.3. The molecular weight excluding hydrogens is 243 g/mol. The quantitative estimate of drug-likeness (QED) is 0.856. The lowest BCUT2D eigenvalue weighted by Gasteiger charge is -2.26. The first-order valence-electron chi connectivity index (χ1n) is 7.17. The van der Waals surface area contributed by atoms with E-state index in [9.17, 15) is 9.50 Å². The van der Waals surface area contributed by atoms with E-state index in [2.05, 4.69) is 10.2 Å². The second kappa shape index (κ2) is 5.47. The molecule has 3 rings (SSSR count). The van der Waals surface area contributed by atoms with Crippen LogP contribution in [-0.2, 0) is 6.54 Å². The summed E-state index contributed by atoms with van der Waals surface area (Å²) in [5.41, 5.74) is 0.699. The number of halogens is 1. The topological polar surface area (TPSA) is 35.5 Å². The molecule has 0 aromatic heterocycles. The summed E-state index contributed by atoms with van der Waals surface area (Å²) in [4.78, 5) is 2.39. The van der Waals surface area contributed by atoms with Gasteiger partial charge in [0.05, 0.1) is 0 Å². The van der Waals surface area contributed by atoms with E-state index in [1.165, 1.54) is 43.9 Å². The maximum absolute atomic E-state index is 13.3. The maximum atomic E-state index is 13.3. The summed E-state index contributed by atoms with van der Waals surface area (Å²) >= 11 is 0. The molecule has 0 amide bonds. The summed E-state index contributed by atoms with van der Waals surface area (Å²) in [7, 11) is 0. The number of benzene rings is 1. The number of aromatic hydroxyl groups is 1. The van der Waals surface area contributed by atoms with Gasteiger partial charge in [0.1, 0.15) is 11.6 Å². The predicted octanol–water partition coefficient (Wildman–Crippen LogP) is 2.25. The Kier molecular flexibility index (Phi) is 3.71. The van der Waals surface area contributed by atoms with E-state index in [-0.39, 0.29) is 11.6 Å². The van der Waals surface area contributed by atoms with Crippen LogP contribution in [0.25, 0.3) is 0 Å².